The maximum absolute atomic E-state index is 11.6. The number of H-pyrrole nitrogens is 1. The average Bonchev–Trinajstić information content (AvgIpc) is 3.12. The van der Waals surface area contributed by atoms with Crippen molar-refractivity contribution in [2.24, 2.45) is 0 Å². The van der Waals surface area contributed by atoms with Gasteiger partial charge in [-0.2, -0.15) is 0 Å². The van der Waals surface area contributed by atoms with E-state index in [9.17, 15) is 4.79 Å². The molecule has 1 fully saturated rings. The third-order valence-electron chi connectivity index (χ3n) is 3.20. The number of aromatic nitrogens is 2. The topological polar surface area (TPSA) is 49.0 Å². The fourth-order valence-electron chi connectivity index (χ4n) is 1.92. The van der Waals surface area contributed by atoms with Crippen LogP contribution in [0.4, 0.5) is 5.82 Å². The molecular formula is C13H21N3O. The van der Waals surface area contributed by atoms with Gasteiger partial charge in [0.2, 0.25) is 0 Å². The van der Waals surface area contributed by atoms with Gasteiger partial charge in [-0.1, -0.05) is 19.8 Å². The largest absolute Gasteiger partial charge is 0.359 e. The minimum atomic E-state index is -0.0285. The second-order valence-corrected chi connectivity index (χ2v) is 4.89. The van der Waals surface area contributed by atoms with Gasteiger partial charge in [-0.15, -0.1) is 0 Å². The molecule has 1 saturated carbocycles. The summed E-state index contributed by atoms with van der Waals surface area (Å²) in [4.78, 5) is 21.0. The van der Waals surface area contributed by atoms with Crippen LogP contribution in [-0.4, -0.2) is 23.6 Å². The van der Waals surface area contributed by atoms with Crippen molar-refractivity contribution in [3.8, 4) is 0 Å². The molecule has 1 aromatic rings. The summed E-state index contributed by atoms with van der Waals surface area (Å²) in [6.45, 7) is 3.16. The first-order valence-corrected chi connectivity index (χ1v) is 6.53. The Morgan fingerprint density at radius 1 is 1.47 bits per heavy atom. The molecule has 1 heterocycles. The highest BCUT2D eigenvalue weighted by atomic mass is 16.1. The van der Waals surface area contributed by atoms with Crippen LogP contribution < -0.4 is 10.5 Å². The smallest absolute Gasteiger partial charge is 0.252 e. The number of unbranched alkanes of at least 4 members (excludes halogenated alkanes) is 2. The summed E-state index contributed by atoms with van der Waals surface area (Å²) in [7, 11) is 2.01. The lowest BCUT2D eigenvalue weighted by Gasteiger charge is -2.18. The van der Waals surface area contributed by atoms with Crippen LogP contribution in [0.3, 0.4) is 0 Å². The number of rotatable bonds is 6. The van der Waals surface area contributed by atoms with Crippen LogP contribution in [0.5, 0.6) is 0 Å². The van der Waals surface area contributed by atoms with Crippen LogP contribution in [-0.2, 0) is 0 Å². The summed E-state index contributed by atoms with van der Waals surface area (Å²) < 4.78 is 0. The van der Waals surface area contributed by atoms with Crippen LogP contribution in [0.15, 0.2) is 10.9 Å². The van der Waals surface area contributed by atoms with Crippen molar-refractivity contribution in [3.05, 3.63) is 22.2 Å². The number of nitrogens with zero attached hydrogens (tertiary/aromatic N) is 2. The fraction of sp³-hybridized carbons (Fsp3) is 0.692. The van der Waals surface area contributed by atoms with E-state index in [1.165, 1.54) is 12.8 Å². The summed E-state index contributed by atoms with van der Waals surface area (Å²) in [5.41, 5.74) is -0.0285. The molecule has 4 nitrogen and oxygen atoms in total. The third kappa shape index (κ3) is 3.32. The van der Waals surface area contributed by atoms with E-state index >= 15 is 0 Å². The molecule has 2 rings (SSSR count). The normalized spacial score (nSPS) is 14.9. The molecular weight excluding hydrogens is 214 g/mol. The third-order valence-corrected chi connectivity index (χ3v) is 3.20. The van der Waals surface area contributed by atoms with E-state index in [0.717, 1.165) is 37.4 Å². The zero-order valence-corrected chi connectivity index (χ0v) is 10.7. The van der Waals surface area contributed by atoms with Crippen molar-refractivity contribution < 1.29 is 0 Å². The minimum absolute atomic E-state index is 0.0285. The highest BCUT2D eigenvalue weighted by Crippen LogP contribution is 2.37. The summed E-state index contributed by atoms with van der Waals surface area (Å²) in [5.74, 6) is 2.17. The van der Waals surface area contributed by atoms with Crippen LogP contribution in [0, 0.1) is 0 Å². The van der Waals surface area contributed by atoms with Crippen LogP contribution in [0.2, 0.25) is 0 Å². The predicted octanol–water partition coefficient (Wildman–Crippen LogP) is 2.27. The molecule has 0 radical (unpaired) electrons. The maximum Gasteiger partial charge on any atom is 0.252 e. The maximum atomic E-state index is 11.6. The van der Waals surface area contributed by atoms with Crippen LogP contribution in [0.1, 0.15) is 50.8 Å². The Hall–Kier alpha value is -1.32. The Balaban J connectivity index is 2.05. The summed E-state index contributed by atoms with van der Waals surface area (Å²) in [6.07, 6.45) is 5.91. The minimum Gasteiger partial charge on any atom is -0.359 e. The first kappa shape index (κ1) is 12.1. The van der Waals surface area contributed by atoms with Gasteiger partial charge in [0.05, 0.1) is 0 Å². The zero-order valence-electron chi connectivity index (χ0n) is 10.7. The highest BCUT2D eigenvalue weighted by molar-refractivity contribution is 5.36. The molecule has 0 atom stereocenters. The van der Waals surface area contributed by atoms with Crippen molar-refractivity contribution in [3.63, 3.8) is 0 Å². The molecule has 0 amide bonds. The zero-order chi connectivity index (χ0) is 12.3. The second kappa shape index (κ2) is 5.34. The van der Waals surface area contributed by atoms with E-state index in [1.807, 2.05) is 7.05 Å². The lowest BCUT2D eigenvalue weighted by atomic mass is 10.2. The summed E-state index contributed by atoms with van der Waals surface area (Å²) >= 11 is 0. The Labute approximate surface area is 102 Å². The number of hydrogen-bond acceptors (Lipinski definition) is 3. The Morgan fingerprint density at radius 2 is 2.24 bits per heavy atom. The molecule has 1 aromatic heterocycles. The van der Waals surface area contributed by atoms with E-state index in [-0.39, 0.29) is 5.56 Å². The molecule has 4 heteroatoms. The molecule has 17 heavy (non-hydrogen) atoms. The molecule has 0 bridgehead atoms. The van der Waals surface area contributed by atoms with Gasteiger partial charge >= 0.3 is 0 Å². The van der Waals surface area contributed by atoms with E-state index in [2.05, 4.69) is 21.8 Å². The molecule has 1 aliphatic rings. The molecule has 0 aliphatic heterocycles. The molecule has 1 N–H and O–H groups in total. The number of aromatic amines is 1. The van der Waals surface area contributed by atoms with Gasteiger partial charge in [-0.3, -0.25) is 4.79 Å². The summed E-state index contributed by atoms with van der Waals surface area (Å²) in [5, 5.41) is 0. The van der Waals surface area contributed by atoms with E-state index in [4.69, 9.17) is 0 Å². The van der Waals surface area contributed by atoms with Crippen molar-refractivity contribution in [1.82, 2.24) is 9.97 Å². The molecule has 0 unspecified atom stereocenters. The van der Waals surface area contributed by atoms with E-state index in [1.54, 1.807) is 6.07 Å². The van der Waals surface area contributed by atoms with Crippen LogP contribution >= 0.6 is 0 Å². The first-order chi connectivity index (χ1) is 8.20. The highest BCUT2D eigenvalue weighted by Gasteiger charge is 2.26. The van der Waals surface area contributed by atoms with Crippen molar-refractivity contribution in [2.75, 3.05) is 18.5 Å². The van der Waals surface area contributed by atoms with E-state index in [0.29, 0.717) is 5.92 Å². The van der Waals surface area contributed by atoms with E-state index < -0.39 is 0 Å². The number of nitrogens with one attached hydrogen (secondary N) is 1. The van der Waals surface area contributed by atoms with Gasteiger partial charge in [0, 0.05) is 25.6 Å². The predicted molar refractivity (Wildman–Crippen MR) is 69.6 cm³/mol. The van der Waals surface area contributed by atoms with Crippen molar-refractivity contribution >= 4 is 5.82 Å². The standard InChI is InChI=1S/C13H21N3O/c1-3-4-5-8-16(2)11-9-12(17)15-13(14-11)10-6-7-10/h9-10H,3-8H2,1-2H3,(H,14,15,17). The Morgan fingerprint density at radius 3 is 2.88 bits per heavy atom. The van der Waals surface area contributed by atoms with Gasteiger partial charge in [-0.25, -0.2) is 4.98 Å². The summed E-state index contributed by atoms with van der Waals surface area (Å²) in [6, 6.07) is 1.60. The number of hydrogen-bond donors (Lipinski definition) is 1. The fourth-order valence-corrected chi connectivity index (χ4v) is 1.92. The van der Waals surface area contributed by atoms with Gasteiger partial charge < -0.3 is 9.88 Å². The molecule has 0 aromatic carbocycles. The Bertz CT molecular complexity index is 423. The first-order valence-electron chi connectivity index (χ1n) is 6.53. The number of anilines is 1. The average molecular weight is 235 g/mol. The lowest BCUT2D eigenvalue weighted by molar-refractivity contribution is 0.698. The SMILES string of the molecule is CCCCCN(C)c1cc(=O)[nH]c(C2CC2)n1. The Kier molecular flexibility index (Phi) is 3.82. The molecule has 94 valence electrons. The van der Waals surface area contributed by atoms with Crippen molar-refractivity contribution in [2.45, 2.75) is 44.9 Å². The van der Waals surface area contributed by atoms with Crippen molar-refractivity contribution in [1.29, 1.82) is 0 Å². The van der Waals surface area contributed by atoms with Gasteiger partial charge in [0.1, 0.15) is 11.6 Å². The van der Waals surface area contributed by atoms with Crippen LogP contribution in [0.25, 0.3) is 0 Å². The molecule has 0 saturated heterocycles. The quantitative estimate of drug-likeness (QED) is 0.769. The van der Waals surface area contributed by atoms with Gasteiger partial charge in [-0.05, 0) is 19.3 Å². The molecule has 0 spiro atoms. The lowest BCUT2D eigenvalue weighted by Crippen LogP contribution is -2.23. The van der Waals surface area contributed by atoms with Gasteiger partial charge in [0.15, 0.2) is 0 Å². The second-order valence-electron chi connectivity index (χ2n) is 4.89. The monoisotopic (exact) mass is 235 g/mol. The van der Waals surface area contributed by atoms with Gasteiger partial charge in [0.25, 0.3) is 5.56 Å². The molecule has 1 aliphatic carbocycles.